The minimum absolute atomic E-state index is 0.00562. The largest absolute Gasteiger partial charge is 0.375 e. The van der Waals surface area contributed by atoms with Crippen molar-refractivity contribution in [2.45, 2.75) is 0 Å². The molecule has 0 saturated carbocycles. The van der Waals surface area contributed by atoms with Crippen molar-refractivity contribution in [2.24, 2.45) is 5.10 Å². The fraction of sp³-hybridized carbons (Fsp3) is 0.0667. The van der Waals surface area contributed by atoms with Gasteiger partial charge in [-0.15, -0.1) is 0 Å². The maximum Gasteiger partial charge on any atom is 0.269 e. The Morgan fingerprint density at radius 3 is 2.62 bits per heavy atom. The Bertz CT molecular complexity index is 781. The molecule has 9 heteroatoms. The van der Waals surface area contributed by atoms with Crippen LogP contribution in [0.1, 0.15) is 5.56 Å². The maximum absolute atomic E-state index is 11.7. The van der Waals surface area contributed by atoms with Crippen molar-refractivity contribution in [2.75, 3.05) is 11.9 Å². The molecule has 1 amide bonds. The number of rotatable bonds is 6. The second kappa shape index (κ2) is 8.42. The molecule has 2 rings (SSSR count). The summed E-state index contributed by atoms with van der Waals surface area (Å²) in [6, 6.07) is 11.0. The lowest BCUT2D eigenvalue weighted by atomic mass is 10.2. The van der Waals surface area contributed by atoms with E-state index < -0.39 is 4.92 Å². The van der Waals surface area contributed by atoms with Gasteiger partial charge in [0.25, 0.3) is 11.6 Å². The number of anilines is 1. The number of nitro groups is 1. The standard InChI is InChI=1S/C15H12BrClN4O3/c16-13-7-11(17)3-6-14(13)18-9-15(22)20-19-8-10-1-4-12(5-2-10)21(23)24/h1-8,18H,9H2,(H,20,22)/b19-8+. The van der Waals surface area contributed by atoms with E-state index >= 15 is 0 Å². The summed E-state index contributed by atoms with van der Waals surface area (Å²) in [5.41, 5.74) is 3.72. The zero-order chi connectivity index (χ0) is 17.5. The number of carbonyl (C=O) groups is 1. The average molecular weight is 412 g/mol. The monoisotopic (exact) mass is 410 g/mol. The fourth-order valence-electron chi connectivity index (χ4n) is 1.71. The van der Waals surface area contributed by atoms with E-state index in [1.807, 2.05) is 0 Å². The fourth-order valence-corrected chi connectivity index (χ4v) is 2.53. The summed E-state index contributed by atoms with van der Waals surface area (Å²) in [7, 11) is 0. The van der Waals surface area contributed by atoms with Crippen molar-refractivity contribution in [3.8, 4) is 0 Å². The third-order valence-corrected chi connectivity index (χ3v) is 3.77. The SMILES string of the molecule is O=C(CNc1ccc(Cl)cc1Br)N/N=C/c1ccc([N+](=O)[O-])cc1. The molecular weight excluding hydrogens is 400 g/mol. The average Bonchev–Trinajstić information content (AvgIpc) is 2.54. The number of nitrogens with one attached hydrogen (secondary N) is 2. The third kappa shape index (κ3) is 5.32. The number of nitro benzene ring substituents is 1. The van der Waals surface area contributed by atoms with Gasteiger partial charge in [-0.05, 0) is 51.8 Å². The molecule has 0 heterocycles. The number of amides is 1. The minimum atomic E-state index is -0.483. The highest BCUT2D eigenvalue weighted by Crippen LogP contribution is 2.25. The van der Waals surface area contributed by atoms with Crippen LogP contribution in [-0.4, -0.2) is 23.6 Å². The van der Waals surface area contributed by atoms with Crippen LogP contribution < -0.4 is 10.7 Å². The number of hydrogen-bond donors (Lipinski definition) is 2. The van der Waals surface area contributed by atoms with Gasteiger partial charge in [0.15, 0.2) is 0 Å². The zero-order valence-corrected chi connectivity index (χ0v) is 14.5. The van der Waals surface area contributed by atoms with Crippen LogP contribution in [0.2, 0.25) is 5.02 Å². The number of hydrazone groups is 1. The van der Waals surface area contributed by atoms with Gasteiger partial charge in [0.05, 0.1) is 17.7 Å². The predicted octanol–water partition coefficient (Wildman–Crippen LogP) is 3.57. The van der Waals surface area contributed by atoms with Crippen LogP contribution >= 0.6 is 27.5 Å². The van der Waals surface area contributed by atoms with Crippen molar-refractivity contribution >= 4 is 51.0 Å². The number of non-ortho nitro benzene ring substituents is 1. The van der Waals surface area contributed by atoms with Gasteiger partial charge in [-0.3, -0.25) is 14.9 Å². The molecule has 0 spiro atoms. The molecule has 2 aromatic rings. The summed E-state index contributed by atoms with van der Waals surface area (Å²) in [5, 5.41) is 17.9. The minimum Gasteiger partial charge on any atom is -0.375 e. The molecule has 0 fully saturated rings. The summed E-state index contributed by atoms with van der Waals surface area (Å²) in [6.07, 6.45) is 1.40. The number of carbonyl (C=O) groups excluding carboxylic acids is 1. The normalized spacial score (nSPS) is 10.6. The van der Waals surface area contributed by atoms with Crippen LogP contribution in [0.4, 0.5) is 11.4 Å². The lowest BCUT2D eigenvalue weighted by molar-refractivity contribution is -0.384. The first kappa shape index (κ1) is 17.9. The summed E-state index contributed by atoms with van der Waals surface area (Å²) in [5.74, 6) is -0.338. The molecular formula is C15H12BrClN4O3. The van der Waals surface area contributed by atoms with Crippen LogP contribution in [0, 0.1) is 10.1 Å². The van der Waals surface area contributed by atoms with E-state index in [2.05, 4.69) is 31.8 Å². The van der Waals surface area contributed by atoms with Gasteiger partial charge in [-0.25, -0.2) is 5.43 Å². The van der Waals surface area contributed by atoms with Crippen LogP contribution in [0.25, 0.3) is 0 Å². The van der Waals surface area contributed by atoms with Gasteiger partial charge in [0.2, 0.25) is 0 Å². The maximum atomic E-state index is 11.7. The van der Waals surface area contributed by atoms with E-state index in [0.717, 1.165) is 10.2 Å². The Labute approximate surface area is 151 Å². The highest BCUT2D eigenvalue weighted by atomic mass is 79.9. The first-order valence-electron chi connectivity index (χ1n) is 6.71. The zero-order valence-electron chi connectivity index (χ0n) is 12.2. The number of nitrogens with zero attached hydrogens (tertiary/aromatic N) is 2. The van der Waals surface area contributed by atoms with E-state index in [4.69, 9.17) is 11.6 Å². The van der Waals surface area contributed by atoms with E-state index in [1.54, 1.807) is 18.2 Å². The lowest BCUT2D eigenvalue weighted by Crippen LogP contribution is -2.26. The van der Waals surface area contributed by atoms with Crippen molar-refractivity contribution in [3.63, 3.8) is 0 Å². The predicted molar refractivity (Wildman–Crippen MR) is 96.5 cm³/mol. The second-order valence-electron chi connectivity index (χ2n) is 4.62. The molecule has 0 aliphatic rings. The molecule has 0 radical (unpaired) electrons. The quantitative estimate of drug-likeness (QED) is 0.431. The molecule has 7 nitrogen and oxygen atoms in total. The van der Waals surface area contributed by atoms with Crippen molar-refractivity contribution < 1.29 is 9.72 Å². The van der Waals surface area contributed by atoms with E-state index in [9.17, 15) is 14.9 Å². The van der Waals surface area contributed by atoms with Gasteiger partial charge in [0, 0.05) is 27.3 Å². The molecule has 0 atom stereocenters. The molecule has 0 aliphatic carbocycles. The smallest absolute Gasteiger partial charge is 0.269 e. The van der Waals surface area contributed by atoms with E-state index in [1.165, 1.54) is 30.5 Å². The molecule has 0 bridgehead atoms. The summed E-state index contributed by atoms with van der Waals surface area (Å²) >= 11 is 9.18. The van der Waals surface area contributed by atoms with Gasteiger partial charge in [0.1, 0.15) is 0 Å². The molecule has 2 N–H and O–H groups in total. The van der Waals surface area contributed by atoms with Gasteiger partial charge < -0.3 is 5.32 Å². The molecule has 0 aliphatic heterocycles. The topological polar surface area (TPSA) is 96.6 Å². The Morgan fingerprint density at radius 1 is 1.29 bits per heavy atom. The first-order chi connectivity index (χ1) is 11.5. The van der Waals surface area contributed by atoms with E-state index in [-0.39, 0.29) is 18.1 Å². The van der Waals surface area contributed by atoms with Gasteiger partial charge in [-0.1, -0.05) is 11.6 Å². The summed E-state index contributed by atoms with van der Waals surface area (Å²) in [4.78, 5) is 21.8. The lowest BCUT2D eigenvalue weighted by Gasteiger charge is -2.07. The number of benzene rings is 2. The van der Waals surface area contributed by atoms with Crippen molar-refractivity contribution in [1.29, 1.82) is 0 Å². The van der Waals surface area contributed by atoms with Crippen LogP contribution in [0.3, 0.4) is 0 Å². The number of hydrogen-bond acceptors (Lipinski definition) is 5. The highest BCUT2D eigenvalue weighted by Gasteiger charge is 2.04. The van der Waals surface area contributed by atoms with Crippen molar-refractivity contribution in [1.82, 2.24) is 5.43 Å². The molecule has 124 valence electrons. The van der Waals surface area contributed by atoms with Gasteiger partial charge >= 0.3 is 0 Å². The molecule has 0 unspecified atom stereocenters. The van der Waals surface area contributed by atoms with E-state index in [0.29, 0.717) is 10.6 Å². The van der Waals surface area contributed by atoms with Crippen LogP contribution in [0.15, 0.2) is 52.0 Å². The Hall–Kier alpha value is -2.45. The molecule has 24 heavy (non-hydrogen) atoms. The Kier molecular flexibility index (Phi) is 6.28. The highest BCUT2D eigenvalue weighted by molar-refractivity contribution is 9.10. The Morgan fingerprint density at radius 2 is 2.00 bits per heavy atom. The third-order valence-electron chi connectivity index (χ3n) is 2.88. The van der Waals surface area contributed by atoms with Crippen LogP contribution in [-0.2, 0) is 4.79 Å². The molecule has 0 aromatic heterocycles. The first-order valence-corrected chi connectivity index (χ1v) is 7.88. The Balaban J connectivity index is 1.83. The summed E-state index contributed by atoms with van der Waals surface area (Å²) in [6.45, 7) is 0.0256. The summed E-state index contributed by atoms with van der Waals surface area (Å²) < 4.78 is 0.747. The van der Waals surface area contributed by atoms with Gasteiger partial charge in [-0.2, -0.15) is 5.10 Å². The van der Waals surface area contributed by atoms with Crippen LogP contribution in [0.5, 0.6) is 0 Å². The second-order valence-corrected chi connectivity index (χ2v) is 5.91. The molecule has 2 aromatic carbocycles. The van der Waals surface area contributed by atoms with Crippen molar-refractivity contribution in [3.05, 3.63) is 67.6 Å². The number of halogens is 2. The molecule has 0 saturated heterocycles.